The van der Waals surface area contributed by atoms with E-state index in [0.717, 1.165) is 64.2 Å². The Kier molecular flexibility index (Phi) is 42.9. The summed E-state index contributed by atoms with van der Waals surface area (Å²) in [5.74, 6) is -0.0797. The third-order valence-electron chi connectivity index (χ3n) is 9.86. The zero-order valence-corrected chi connectivity index (χ0v) is 35.5. The molecule has 310 valence electrons. The molecule has 2 atom stereocenters. The molecule has 0 bridgehead atoms. The number of allylic oxidation sites excluding steroid dienone is 13. The van der Waals surface area contributed by atoms with E-state index in [1.54, 1.807) is 6.08 Å². The van der Waals surface area contributed by atoms with Gasteiger partial charge >= 0.3 is 0 Å². The molecule has 0 radical (unpaired) electrons. The van der Waals surface area contributed by atoms with Gasteiger partial charge in [0.2, 0.25) is 5.91 Å². The van der Waals surface area contributed by atoms with Gasteiger partial charge in [0.25, 0.3) is 0 Å². The topological polar surface area (TPSA) is 69.6 Å². The van der Waals surface area contributed by atoms with Crippen molar-refractivity contribution in [3.8, 4) is 0 Å². The third-order valence-corrected chi connectivity index (χ3v) is 9.86. The Balaban J connectivity index is 3.58. The van der Waals surface area contributed by atoms with E-state index in [4.69, 9.17) is 0 Å². The Morgan fingerprint density at radius 2 is 0.833 bits per heavy atom. The highest BCUT2D eigenvalue weighted by atomic mass is 16.3. The lowest BCUT2D eigenvalue weighted by molar-refractivity contribution is -0.123. The minimum Gasteiger partial charge on any atom is -0.394 e. The number of nitrogens with one attached hydrogen (secondary N) is 1. The predicted octanol–water partition coefficient (Wildman–Crippen LogP) is 14.5. The Labute approximate surface area is 335 Å². The average Bonchev–Trinajstić information content (AvgIpc) is 3.18. The van der Waals surface area contributed by atoms with Crippen molar-refractivity contribution in [2.24, 2.45) is 0 Å². The number of aliphatic hydroxyl groups is 2. The maximum atomic E-state index is 12.4. The van der Waals surface area contributed by atoms with E-state index in [0.29, 0.717) is 6.42 Å². The molecule has 1 amide bonds. The lowest BCUT2D eigenvalue weighted by atomic mass is 10.0. The first-order valence-electron chi connectivity index (χ1n) is 22.8. The van der Waals surface area contributed by atoms with E-state index in [1.807, 2.05) is 6.08 Å². The molecule has 0 aliphatic carbocycles. The van der Waals surface area contributed by atoms with Crippen LogP contribution in [-0.2, 0) is 4.79 Å². The molecule has 0 saturated carbocycles. The SMILES string of the molecule is CC/C=C\C/C=C\C/C=C\C/C=C\C/C=C\CCCCCCCCCCCCCCCC(=O)NC(CO)C(O)/C=C/CC/C=C/CCCCCCCCC. The van der Waals surface area contributed by atoms with Gasteiger partial charge in [0.1, 0.15) is 0 Å². The van der Waals surface area contributed by atoms with E-state index >= 15 is 0 Å². The summed E-state index contributed by atoms with van der Waals surface area (Å²) in [4.78, 5) is 12.4. The molecule has 0 aliphatic heterocycles. The molecule has 0 saturated heterocycles. The van der Waals surface area contributed by atoms with Gasteiger partial charge in [-0.15, -0.1) is 0 Å². The summed E-state index contributed by atoms with van der Waals surface area (Å²) in [5, 5.41) is 23.0. The number of rotatable bonds is 40. The molecule has 0 aromatic carbocycles. The maximum Gasteiger partial charge on any atom is 0.220 e. The fourth-order valence-electron chi connectivity index (χ4n) is 6.40. The lowest BCUT2D eigenvalue weighted by Gasteiger charge is -2.19. The normalized spacial score (nSPS) is 13.8. The van der Waals surface area contributed by atoms with Crippen molar-refractivity contribution in [2.75, 3.05) is 6.61 Å². The number of amides is 1. The Morgan fingerprint density at radius 1 is 0.463 bits per heavy atom. The average molecular weight is 750 g/mol. The third kappa shape index (κ3) is 40.7. The number of carbonyl (C=O) groups is 1. The lowest BCUT2D eigenvalue weighted by Crippen LogP contribution is -2.45. The van der Waals surface area contributed by atoms with Gasteiger partial charge in [0, 0.05) is 6.42 Å². The standard InChI is InChI=1S/C50H87NO3/c1-3-5-7-9-11-13-15-17-18-19-20-21-22-23-24-25-26-27-28-29-30-31-32-34-36-38-40-42-44-46-50(54)51-48(47-52)49(53)45-43-41-39-37-35-33-16-14-12-10-8-6-4-2/h5,7,11,13,17-18,20-21,23-24,35,37,43,45,48-49,52-53H,3-4,6,8-10,12,14-16,19,22,25-34,36,38-42,44,46-47H2,1-2H3,(H,51,54)/b7-5-,13-11-,18-17-,21-20-,24-23-,37-35+,45-43+. The minimum atomic E-state index is -0.865. The first-order valence-corrected chi connectivity index (χ1v) is 22.8. The van der Waals surface area contributed by atoms with Crippen LogP contribution in [0.2, 0.25) is 0 Å². The van der Waals surface area contributed by atoms with Gasteiger partial charge < -0.3 is 15.5 Å². The molecule has 54 heavy (non-hydrogen) atoms. The van der Waals surface area contributed by atoms with Crippen LogP contribution in [0.4, 0.5) is 0 Å². The zero-order valence-electron chi connectivity index (χ0n) is 35.5. The largest absolute Gasteiger partial charge is 0.394 e. The van der Waals surface area contributed by atoms with Gasteiger partial charge in [-0.3, -0.25) is 4.79 Å². The van der Waals surface area contributed by atoms with Crippen LogP contribution >= 0.6 is 0 Å². The van der Waals surface area contributed by atoms with Crippen LogP contribution in [0, 0.1) is 0 Å². The van der Waals surface area contributed by atoms with Gasteiger partial charge in [-0.2, -0.15) is 0 Å². The Hall–Kier alpha value is -2.43. The summed E-state index contributed by atoms with van der Waals surface area (Å²) < 4.78 is 0. The van der Waals surface area contributed by atoms with Crippen molar-refractivity contribution < 1.29 is 15.0 Å². The fourth-order valence-corrected chi connectivity index (χ4v) is 6.40. The quantitative estimate of drug-likeness (QED) is 0.0431. The number of hydrogen-bond donors (Lipinski definition) is 3. The molecule has 0 spiro atoms. The van der Waals surface area contributed by atoms with Crippen LogP contribution < -0.4 is 5.32 Å². The molecular formula is C50H87NO3. The van der Waals surface area contributed by atoms with Crippen molar-refractivity contribution >= 4 is 5.91 Å². The maximum absolute atomic E-state index is 12.4. The first kappa shape index (κ1) is 51.6. The second kappa shape index (κ2) is 45.0. The number of hydrogen-bond acceptors (Lipinski definition) is 3. The van der Waals surface area contributed by atoms with Crippen molar-refractivity contribution in [2.45, 2.75) is 219 Å². The summed E-state index contributed by atoms with van der Waals surface area (Å²) in [6.07, 6.45) is 65.6. The first-order chi connectivity index (χ1) is 26.7. The summed E-state index contributed by atoms with van der Waals surface area (Å²) in [6.45, 7) is 4.16. The van der Waals surface area contributed by atoms with E-state index in [1.165, 1.54) is 122 Å². The summed E-state index contributed by atoms with van der Waals surface area (Å²) in [7, 11) is 0. The number of aliphatic hydroxyl groups excluding tert-OH is 2. The Bertz CT molecular complexity index is 988. The zero-order chi connectivity index (χ0) is 39.3. The predicted molar refractivity (Wildman–Crippen MR) is 239 cm³/mol. The Morgan fingerprint density at radius 3 is 1.30 bits per heavy atom. The smallest absolute Gasteiger partial charge is 0.220 e. The molecule has 0 rings (SSSR count). The number of unbranched alkanes of at least 4 members (excludes halogenated alkanes) is 21. The molecule has 4 nitrogen and oxygen atoms in total. The fraction of sp³-hybridized carbons (Fsp3) is 0.700. The van der Waals surface area contributed by atoms with E-state index in [9.17, 15) is 15.0 Å². The second-order valence-corrected chi connectivity index (χ2v) is 15.1. The summed E-state index contributed by atoms with van der Waals surface area (Å²) in [6, 6.07) is -0.642. The second-order valence-electron chi connectivity index (χ2n) is 15.1. The van der Waals surface area contributed by atoms with Crippen molar-refractivity contribution in [1.29, 1.82) is 0 Å². The summed E-state index contributed by atoms with van der Waals surface area (Å²) in [5.41, 5.74) is 0. The van der Waals surface area contributed by atoms with Gasteiger partial charge in [-0.1, -0.05) is 208 Å². The van der Waals surface area contributed by atoms with Crippen LogP contribution in [0.25, 0.3) is 0 Å². The molecular weight excluding hydrogens is 663 g/mol. The van der Waals surface area contributed by atoms with E-state index in [2.05, 4.69) is 92.1 Å². The van der Waals surface area contributed by atoms with E-state index < -0.39 is 12.1 Å². The van der Waals surface area contributed by atoms with Crippen molar-refractivity contribution in [1.82, 2.24) is 5.32 Å². The summed E-state index contributed by atoms with van der Waals surface area (Å²) >= 11 is 0. The minimum absolute atomic E-state index is 0.0797. The molecule has 2 unspecified atom stereocenters. The monoisotopic (exact) mass is 750 g/mol. The van der Waals surface area contributed by atoms with Crippen molar-refractivity contribution in [3.63, 3.8) is 0 Å². The van der Waals surface area contributed by atoms with Gasteiger partial charge in [-0.05, 0) is 77.0 Å². The highest BCUT2D eigenvalue weighted by molar-refractivity contribution is 5.76. The van der Waals surface area contributed by atoms with Crippen LogP contribution in [0.5, 0.6) is 0 Å². The molecule has 4 heteroatoms. The molecule has 0 aromatic heterocycles. The highest BCUT2D eigenvalue weighted by Crippen LogP contribution is 2.14. The van der Waals surface area contributed by atoms with Gasteiger partial charge in [-0.25, -0.2) is 0 Å². The molecule has 0 aliphatic rings. The van der Waals surface area contributed by atoms with Gasteiger partial charge in [0.15, 0.2) is 0 Å². The molecule has 0 aromatic rings. The van der Waals surface area contributed by atoms with Crippen LogP contribution in [-0.4, -0.2) is 34.9 Å². The molecule has 0 fully saturated rings. The molecule has 3 N–H and O–H groups in total. The van der Waals surface area contributed by atoms with Crippen LogP contribution in [0.1, 0.15) is 206 Å². The van der Waals surface area contributed by atoms with E-state index in [-0.39, 0.29) is 12.5 Å². The van der Waals surface area contributed by atoms with Crippen molar-refractivity contribution in [3.05, 3.63) is 85.1 Å². The van der Waals surface area contributed by atoms with Crippen LogP contribution in [0.3, 0.4) is 0 Å². The molecule has 0 heterocycles. The van der Waals surface area contributed by atoms with Gasteiger partial charge in [0.05, 0.1) is 18.8 Å². The van der Waals surface area contributed by atoms with Crippen LogP contribution in [0.15, 0.2) is 85.1 Å². The number of carbonyl (C=O) groups excluding carboxylic acids is 1. The highest BCUT2D eigenvalue weighted by Gasteiger charge is 2.17.